The fraction of sp³-hybridized carbons (Fsp3) is 0.588. The number of hydrogen-bond acceptors (Lipinski definition) is 4. The topological polar surface area (TPSA) is 57.7 Å². The second kappa shape index (κ2) is 7.34. The van der Waals surface area contributed by atoms with E-state index in [4.69, 9.17) is 0 Å². The lowest BCUT2D eigenvalue weighted by atomic mass is 9.96. The van der Waals surface area contributed by atoms with Gasteiger partial charge in [0.15, 0.2) is 0 Å². The molecule has 0 fully saturated rings. The summed E-state index contributed by atoms with van der Waals surface area (Å²) in [7, 11) is -1.37. The summed E-state index contributed by atoms with van der Waals surface area (Å²) in [6, 6.07) is 8.76. The highest BCUT2D eigenvalue weighted by Gasteiger charge is 2.23. The Morgan fingerprint density at radius 1 is 1.35 bits per heavy atom. The third kappa shape index (κ3) is 4.96. The maximum atomic E-state index is 12.2. The molecule has 1 amide bonds. The van der Waals surface area contributed by atoms with Gasteiger partial charge in [0.2, 0.25) is 5.91 Å². The van der Waals surface area contributed by atoms with Gasteiger partial charge in [0.1, 0.15) is 9.84 Å². The molecule has 0 aliphatic carbocycles. The Morgan fingerprint density at radius 3 is 2.74 bits per heavy atom. The summed E-state index contributed by atoms with van der Waals surface area (Å²) in [4.78, 5) is 16.0. The summed E-state index contributed by atoms with van der Waals surface area (Å²) in [6.07, 6.45) is 3.77. The highest BCUT2D eigenvalue weighted by atomic mass is 32.2. The van der Waals surface area contributed by atoms with Crippen LogP contribution in [0.1, 0.15) is 25.3 Å². The number of amides is 1. The minimum absolute atomic E-state index is 0.0103. The van der Waals surface area contributed by atoms with Gasteiger partial charge in [-0.2, -0.15) is 0 Å². The first kappa shape index (κ1) is 17.8. The van der Waals surface area contributed by atoms with Crippen molar-refractivity contribution in [2.24, 2.45) is 0 Å². The summed E-state index contributed by atoms with van der Waals surface area (Å²) in [5.41, 5.74) is 2.56. The van der Waals surface area contributed by atoms with E-state index in [1.165, 1.54) is 22.4 Å². The van der Waals surface area contributed by atoms with Crippen LogP contribution in [0.2, 0.25) is 0 Å². The lowest BCUT2D eigenvalue weighted by Gasteiger charge is -2.37. The van der Waals surface area contributed by atoms with Crippen LogP contribution < -0.4 is 4.90 Å². The lowest BCUT2D eigenvalue weighted by Crippen LogP contribution is -2.40. The molecule has 0 spiro atoms. The normalized spacial score (nSPS) is 17.7. The maximum Gasteiger partial charge on any atom is 0.224 e. The fourth-order valence-electron chi connectivity index (χ4n) is 2.94. The number of carbonyl (C=O) groups excluding carboxylic acids is 1. The van der Waals surface area contributed by atoms with Gasteiger partial charge in [-0.05, 0) is 31.4 Å². The minimum atomic E-state index is -3.04. The quantitative estimate of drug-likeness (QED) is 0.792. The molecule has 2 rings (SSSR count). The Balaban J connectivity index is 1.93. The number of benzene rings is 1. The number of para-hydroxylation sites is 1. The average molecular weight is 338 g/mol. The van der Waals surface area contributed by atoms with Gasteiger partial charge in [-0.25, -0.2) is 8.42 Å². The standard InChI is InChI=1S/C17H26N2O3S/c1-14-8-9-15-6-4-5-7-16(15)19(14)11-10-17(20)18(2)12-13-23(3,21)22/h4-7,14H,8-13H2,1-3H3/t14-/m0/s1. The van der Waals surface area contributed by atoms with Crippen LogP contribution in [0.3, 0.4) is 0 Å². The van der Waals surface area contributed by atoms with Crippen molar-refractivity contribution in [3.63, 3.8) is 0 Å². The van der Waals surface area contributed by atoms with E-state index in [0.29, 0.717) is 19.0 Å². The number of aryl methyl sites for hydroxylation is 1. The van der Waals surface area contributed by atoms with E-state index in [2.05, 4.69) is 30.0 Å². The molecule has 0 bridgehead atoms. The SMILES string of the molecule is C[C@H]1CCc2ccccc2N1CCC(=O)N(C)CCS(C)(=O)=O. The first-order chi connectivity index (χ1) is 10.8. The molecule has 1 aliphatic heterocycles. The monoisotopic (exact) mass is 338 g/mol. The number of anilines is 1. The summed E-state index contributed by atoms with van der Waals surface area (Å²) < 4.78 is 22.4. The number of rotatable bonds is 6. The second-order valence-corrected chi connectivity index (χ2v) is 8.66. The molecule has 0 saturated heterocycles. The van der Waals surface area contributed by atoms with Crippen LogP contribution in [0.4, 0.5) is 5.69 Å². The van der Waals surface area contributed by atoms with Crippen LogP contribution >= 0.6 is 0 Å². The number of hydrogen-bond donors (Lipinski definition) is 0. The molecule has 0 radical (unpaired) electrons. The van der Waals surface area contributed by atoms with Gasteiger partial charge in [-0.3, -0.25) is 4.79 Å². The first-order valence-electron chi connectivity index (χ1n) is 8.04. The predicted molar refractivity (Wildman–Crippen MR) is 93.5 cm³/mol. The van der Waals surface area contributed by atoms with E-state index in [1.807, 2.05) is 6.07 Å². The third-order valence-corrected chi connectivity index (χ3v) is 5.38. The third-order valence-electron chi connectivity index (χ3n) is 4.45. The number of nitrogens with zero attached hydrogens (tertiary/aromatic N) is 2. The predicted octanol–water partition coefficient (Wildman–Crippen LogP) is 1.72. The van der Waals surface area contributed by atoms with Crippen LogP contribution in [0.25, 0.3) is 0 Å². The van der Waals surface area contributed by atoms with Crippen LogP contribution in [0.5, 0.6) is 0 Å². The molecule has 1 aromatic rings. The Labute approximate surface area is 139 Å². The summed E-state index contributed by atoms with van der Waals surface area (Å²) in [5, 5.41) is 0. The molecular weight excluding hydrogens is 312 g/mol. The molecule has 5 nitrogen and oxygen atoms in total. The highest BCUT2D eigenvalue weighted by molar-refractivity contribution is 7.90. The molecule has 0 unspecified atom stereocenters. The van der Waals surface area contributed by atoms with Crippen molar-refractivity contribution >= 4 is 21.4 Å². The zero-order valence-corrected chi connectivity index (χ0v) is 15.0. The van der Waals surface area contributed by atoms with E-state index >= 15 is 0 Å². The number of sulfone groups is 1. The van der Waals surface area contributed by atoms with Crippen LogP contribution in [-0.4, -0.2) is 57.4 Å². The van der Waals surface area contributed by atoms with Crippen LogP contribution in [0, 0.1) is 0 Å². The van der Waals surface area contributed by atoms with Crippen molar-refractivity contribution in [3.05, 3.63) is 29.8 Å². The van der Waals surface area contributed by atoms with Gasteiger partial charge in [0, 0.05) is 44.5 Å². The second-order valence-electron chi connectivity index (χ2n) is 6.40. The van der Waals surface area contributed by atoms with Crippen molar-refractivity contribution in [2.45, 2.75) is 32.2 Å². The molecule has 6 heteroatoms. The average Bonchev–Trinajstić information content (AvgIpc) is 2.50. The first-order valence-corrected chi connectivity index (χ1v) is 10.1. The number of fused-ring (bicyclic) bond motifs is 1. The molecule has 1 atom stereocenters. The molecule has 1 heterocycles. The molecule has 1 aliphatic rings. The Bertz CT molecular complexity index is 658. The minimum Gasteiger partial charge on any atom is -0.368 e. The molecule has 1 aromatic carbocycles. The van der Waals surface area contributed by atoms with Gasteiger partial charge in [0.25, 0.3) is 0 Å². The van der Waals surface area contributed by atoms with E-state index in [-0.39, 0.29) is 18.2 Å². The van der Waals surface area contributed by atoms with Crippen molar-refractivity contribution in [1.29, 1.82) is 0 Å². The van der Waals surface area contributed by atoms with Crippen molar-refractivity contribution in [1.82, 2.24) is 4.90 Å². The van der Waals surface area contributed by atoms with E-state index in [1.54, 1.807) is 7.05 Å². The fourth-order valence-corrected chi connectivity index (χ4v) is 3.54. The smallest absolute Gasteiger partial charge is 0.224 e. The van der Waals surface area contributed by atoms with E-state index < -0.39 is 9.84 Å². The summed E-state index contributed by atoms with van der Waals surface area (Å²) in [5.74, 6) is 0.00182. The number of carbonyl (C=O) groups is 1. The van der Waals surface area contributed by atoms with Crippen molar-refractivity contribution < 1.29 is 13.2 Å². The zero-order valence-electron chi connectivity index (χ0n) is 14.2. The highest BCUT2D eigenvalue weighted by Crippen LogP contribution is 2.30. The molecule has 0 N–H and O–H groups in total. The summed E-state index contributed by atoms with van der Waals surface area (Å²) in [6.45, 7) is 3.11. The Hall–Kier alpha value is -1.56. The van der Waals surface area contributed by atoms with Crippen LogP contribution in [0.15, 0.2) is 24.3 Å². The van der Waals surface area contributed by atoms with Gasteiger partial charge >= 0.3 is 0 Å². The molecular formula is C17H26N2O3S. The van der Waals surface area contributed by atoms with Crippen molar-refractivity contribution in [2.75, 3.05) is 37.0 Å². The lowest BCUT2D eigenvalue weighted by molar-refractivity contribution is -0.129. The van der Waals surface area contributed by atoms with Gasteiger partial charge in [-0.1, -0.05) is 18.2 Å². The van der Waals surface area contributed by atoms with Gasteiger partial charge in [0.05, 0.1) is 5.75 Å². The molecule has 128 valence electrons. The van der Waals surface area contributed by atoms with E-state index in [0.717, 1.165) is 12.8 Å². The molecule has 0 saturated carbocycles. The van der Waals surface area contributed by atoms with Crippen LogP contribution in [-0.2, 0) is 21.1 Å². The molecule has 0 aromatic heterocycles. The maximum absolute atomic E-state index is 12.2. The van der Waals surface area contributed by atoms with E-state index in [9.17, 15) is 13.2 Å². The van der Waals surface area contributed by atoms with Gasteiger partial charge < -0.3 is 9.80 Å². The Morgan fingerprint density at radius 2 is 2.04 bits per heavy atom. The van der Waals surface area contributed by atoms with Crippen molar-refractivity contribution in [3.8, 4) is 0 Å². The molecule has 23 heavy (non-hydrogen) atoms. The largest absolute Gasteiger partial charge is 0.368 e. The zero-order chi connectivity index (χ0) is 17.0. The Kier molecular flexibility index (Phi) is 5.68. The van der Waals surface area contributed by atoms with Gasteiger partial charge in [-0.15, -0.1) is 0 Å². The summed E-state index contributed by atoms with van der Waals surface area (Å²) >= 11 is 0.